The van der Waals surface area contributed by atoms with Crippen LogP contribution in [0.3, 0.4) is 0 Å². The van der Waals surface area contributed by atoms with Gasteiger partial charge >= 0.3 is 0 Å². The Morgan fingerprint density at radius 3 is 2.48 bits per heavy atom. The second-order valence-electron chi connectivity index (χ2n) is 7.62. The van der Waals surface area contributed by atoms with E-state index in [1.54, 1.807) is 19.2 Å². The van der Waals surface area contributed by atoms with Crippen LogP contribution < -0.4 is 10.1 Å². The summed E-state index contributed by atoms with van der Waals surface area (Å²) in [5.74, 6) is 0.923. The molecule has 3 atom stereocenters. The van der Waals surface area contributed by atoms with Gasteiger partial charge in [0.25, 0.3) is 5.69 Å². The number of ether oxygens (including phenoxy) is 1. The highest BCUT2D eigenvalue weighted by atomic mass is 16.6. The van der Waals surface area contributed by atoms with E-state index in [4.69, 9.17) is 4.74 Å². The molecule has 1 aliphatic heterocycles. The average Bonchev–Trinajstić information content (AvgIpc) is 3.09. The van der Waals surface area contributed by atoms with Crippen molar-refractivity contribution in [1.29, 1.82) is 0 Å². The minimum atomic E-state index is -0.286. The highest BCUT2D eigenvalue weighted by Gasteiger charge is 2.43. The Morgan fingerprint density at radius 1 is 1.15 bits per heavy atom. The third-order valence-electron chi connectivity index (χ3n) is 5.92. The lowest BCUT2D eigenvalue weighted by atomic mass is 9.74. The molecule has 2 aliphatic rings. The third kappa shape index (κ3) is 2.69. The van der Waals surface area contributed by atoms with Crippen molar-refractivity contribution in [2.75, 3.05) is 12.4 Å². The van der Waals surface area contributed by atoms with Crippen molar-refractivity contribution in [2.24, 2.45) is 5.92 Å². The zero-order valence-corrected chi connectivity index (χ0v) is 16.1. The largest absolute Gasteiger partial charge is 0.495 e. The predicted octanol–water partition coefficient (Wildman–Crippen LogP) is 5.36. The Balaban J connectivity index is 1.93. The van der Waals surface area contributed by atoms with Gasteiger partial charge in [-0.1, -0.05) is 29.8 Å². The molecule has 5 nitrogen and oxygen atoms in total. The quantitative estimate of drug-likeness (QED) is 0.453. The molecule has 2 aromatic carbocycles. The Kier molecular flexibility index (Phi) is 4.17. The lowest BCUT2D eigenvalue weighted by Crippen LogP contribution is -2.31. The van der Waals surface area contributed by atoms with Gasteiger partial charge in [0.15, 0.2) is 0 Å². The van der Waals surface area contributed by atoms with Crippen LogP contribution in [0, 0.1) is 36.8 Å². The van der Waals surface area contributed by atoms with Gasteiger partial charge in [-0.25, -0.2) is 0 Å². The number of nitrogens with one attached hydrogen (secondary N) is 1. The topological polar surface area (TPSA) is 64.4 Å². The summed E-state index contributed by atoms with van der Waals surface area (Å²) in [5.41, 5.74) is 6.71. The molecule has 1 aliphatic carbocycles. The first-order chi connectivity index (χ1) is 12.9. The first-order valence-electron chi connectivity index (χ1n) is 9.28. The molecule has 0 saturated heterocycles. The molecule has 2 aromatic rings. The number of nitro benzene ring substituents is 1. The summed E-state index contributed by atoms with van der Waals surface area (Å²) in [6.45, 7) is 6.41. The van der Waals surface area contributed by atoms with Crippen molar-refractivity contribution in [2.45, 2.75) is 39.2 Å². The van der Waals surface area contributed by atoms with Crippen LogP contribution in [0.2, 0.25) is 0 Å². The van der Waals surface area contributed by atoms with Gasteiger partial charge in [-0.15, -0.1) is 0 Å². The van der Waals surface area contributed by atoms with Gasteiger partial charge in [-0.3, -0.25) is 10.1 Å². The summed E-state index contributed by atoms with van der Waals surface area (Å²) >= 11 is 0. The maximum absolute atomic E-state index is 11.7. The zero-order valence-electron chi connectivity index (χ0n) is 16.1. The number of hydrogen-bond donors (Lipinski definition) is 1. The van der Waals surface area contributed by atoms with E-state index < -0.39 is 0 Å². The molecule has 5 heteroatoms. The van der Waals surface area contributed by atoms with Crippen LogP contribution in [0.4, 0.5) is 11.4 Å². The van der Waals surface area contributed by atoms with Crippen LogP contribution >= 0.6 is 0 Å². The number of nitrogens with zero attached hydrogens (tertiary/aromatic N) is 1. The Hall–Kier alpha value is -2.82. The van der Waals surface area contributed by atoms with Crippen LogP contribution in [0.15, 0.2) is 36.4 Å². The Labute approximate surface area is 159 Å². The highest BCUT2D eigenvalue weighted by Crippen LogP contribution is 2.55. The smallest absolute Gasteiger partial charge is 0.275 e. The molecule has 0 aromatic heterocycles. The SMILES string of the molecule is COc1ccc([N+](=O)[O-])c2c1NC(c1c(C)cc(C)cc1C)C1CC=CC21. The molecule has 0 fully saturated rings. The fourth-order valence-corrected chi connectivity index (χ4v) is 4.96. The van der Waals surface area contributed by atoms with Gasteiger partial charge in [0.2, 0.25) is 0 Å². The number of fused-ring (bicyclic) bond motifs is 3. The molecule has 0 saturated carbocycles. The first-order valence-corrected chi connectivity index (χ1v) is 9.28. The summed E-state index contributed by atoms with van der Waals surface area (Å²) in [6, 6.07) is 7.76. The number of hydrogen-bond acceptors (Lipinski definition) is 4. The summed E-state index contributed by atoms with van der Waals surface area (Å²) in [4.78, 5) is 11.4. The second kappa shape index (κ2) is 6.41. The van der Waals surface area contributed by atoms with Crippen molar-refractivity contribution in [3.63, 3.8) is 0 Å². The lowest BCUT2D eigenvalue weighted by molar-refractivity contribution is -0.385. The van der Waals surface area contributed by atoms with Gasteiger partial charge < -0.3 is 10.1 Å². The monoisotopic (exact) mass is 364 g/mol. The molecular weight excluding hydrogens is 340 g/mol. The van der Waals surface area contributed by atoms with E-state index in [0.29, 0.717) is 5.75 Å². The molecule has 0 amide bonds. The molecule has 3 unspecified atom stereocenters. The molecule has 0 bridgehead atoms. The van der Waals surface area contributed by atoms with E-state index in [9.17, 15) is 10.1 Å². The number of aryl methyl sites for hydroxylation is 3. The fraction of sp³-hybridized carbons (Fsp3) is 0.364. The molecule has 0 spiro atoms. The predicted molar refractivity (Wildman–Crippen MR) is 107 cm³/mol. The third-order valence-corrected chi connectivity index (χ3v) is 5.92. The average molecular weight is 364 g/mol. The number of benzene rings is 2. The van der Waals surface area contributed by atoms with Crippen molar-refractivity contribution >= 4 is 11.4 Å². The summed E-state index contributed by atoms with van der Waals surface area (Å²) in [7, 11) is 1.61. The van der Waals surface area contributed by atoms with Crippen molar-refractivity contribution in [3.05, 3.63) is 74.3 Å². The summed E-state index contributed by atoms with van der Waals surface area (Å²) < 4.78 is 5.55. The van der Waals surface area contributed by atoms with E-state index >= 15 is 0 Å². The maximum atomic E-state index is 11.7. The normalized spacial score (nSPS) is 22.7. The molecular formula is C22H24N2O3. The van der Waals surface area contributed by atoms with E-state index in [-0.39, 0.29) is 28.5 Å². The molecule has 27 heavy (non-hydrogen) atoms. The van der Waals surface area contributed by atoms with E-state index in [1.165, 1.54) is 22.3 Å². The highest BCUT2D eigenvalue weighted by molar-refractivity contribution is 5.74. The van der Waals surface area contributed by atoms with Crippen LogP contribution in [-0.4, -0.2) is 12.0 Å². The lowest BCUT2D eigenvalue weighted by Gasteiger charge is -2.39. The zero-order chi connectivity index (χ0) is 19.3. The van der Waals surface area contributed by atoms with Crippen molar-refractivity contribution in [3.8, 4) is 5.75 Å². The minimum Gasteiger partial charge on any atom is -0.495 e. The number of nitro groups is 1. The van der Waals surface area contributed by atoms with E-state index in [2.05, 4.69) is 50.4 Å². The van der Waals surface area contributed by atoms with Gasteiger partial charge in [-0.05, 0) is 55.9 Å². The number of allylic oxidation sites excluding steroid dienone is 2. The van der Waals surface area contributed by atoms with Crippen LogP contribution in [0.5, 0.6) is 5.75 Å². The van der Waals surface area contributed by atoms with Crippen LogP contribution in [-0.2, 0) is 0 Å². The standard InChI is InChI=1S/C22H24N2O3/c1-12-10-13(2)19(14(3)11-12)21-16-7-5-6-15(16)20-17(24(25)26)8-9-18(27-4)22(20)23-21/h5-6,8-11,15-16,21,23H,7H2,1-4H3. The fourth-order valence-electron chi connectivity index (χ4n) is 4.96. The second-order valence-corrected chi connectivity index (χ2v) is 7.62. The first kappa shape index (κ1) is 17.6. The Bertz CT molecular complexity index is 941. The van der Waals surface area contributed by atoms with Gasteiger partial charge in [0.1, 0.15) is 5.75 Å². The number of rotatable bonds is 3. The van der Waals surface area contributed by atoms with Crippen molar-refractivity contribution in [1.82, 2.24) is 0 Å². The molecule has 0 radical (unpaired) electrons. The number of anilines is 1. The molecule has 1 heterocycles. The van der Waals surface area contributed by atoms with Crippen LogP contribution in [0.1, 0.15) is 46.2 Å². The molecule has 1 N–H and O–H groups in total. The maximum Gasteiger partial charge on any atom is 0.275 e. The summed E-state index contributed by atoms with van der Waals surface area (Å²) in [6.07, 6.45) is 5.19. The number of methoxy groups -OCH3 is 1. The van der Waals surface area contributed by atoms with Crippen molar-refractivity contribution < 1.29 is 9.66 Å². The van der Waals surface area contributed by atoms with E-state index in [0.717, 1.165) is 17.7 Å². The van der Waals surface area contributed by atoms with Gasteiger partial charge in [0, 0.05) is 12.0 Å². The Morgan fingerprint density at radius 2 is 1.85 bits per heavy atom. The van der Waals surface area contributed by atoms with Gasteiger partial charge in [0.05, 0.1) is 29.3 Å². The van der Waals surface area contributed by atoms with E-state index in [1.807, 2.05) is 0 Å². The molecule has 4 rings (SSSR count). The van der Waals surface area contributed by atoms with Gasteiger partial charge in [-0.2, -0.15) is 0 Å². The molecule has 140 valence electrons. The minimum absolute atomic E-state index is 0.0156. The van der Waals surface area contributed by atoms with Crippen LogP contribution in [0.25, 0.3) is 0 Å². The summed E-state index contributed by atoms with van der Waals surface area (Å²) in [5, 5.41) is 15.3.